The van der Waals surface area contributed by atoms with Crippen LogP contribution in [0, 0.1) is 5.92 Å². The molecular formula is C17H22N2O4. The monoisotopic (exact) mass is 318 g/mol. The third-order valence-corrected chi connectivity index (χ3v) is 3.67. The fraction of sp³-hybridized carbons (Fsp3) is 0.471. The minimum absolute atomic E-state index is 0.0676. The molecule has 23 heavy (non-hydrogen) atoms. The number of rotatable bonds is 9. The van der Waals surface area contributed by atoms with Crippen molar-refractivity contribution in [3.8, 4) is 0 Å². The van der Waals surface area contributed by atoms with Crippen LogP contribution in [-0.2, 0) is 20.8 Å². The van der Waals surface area contributed by atoms with Gasteiger partial charge in [0.2, 0.25) is 11.8 Å². The molecule has 1 aromatic rings. The second kappa shape index (κ2) is 8.31. The molecule has 0 spiro atoms. The molecule has 0 radical (unpaired) electrons. The molecule has 1 aliphatic carbocycles. The number of anilines is 1. The zero-order valence-electron chi connectivity index (χ0n) is 13.0. The van der Waals surface area contributed by atoms with E-state index in [-0.39, 0.29) is 24.2 Å². The van der Waals surface area contributed by atoms with Crippen molar-refractivity contribution < 1.29 is 19.5 Å². The van der Waals surface area contributed by atoms with E-state index in [0.717, 1.165) is 18.4 Å². The number of carboxylic acids is 1. The second-order valence-corrected chi connectivity index (χ2v) is 5.81. The van der Waals surface area contributed by atoms with Crippen molar-refractivity contribution in [2.75, 3.05) is 11.9 Å². The van der Waals surface area contributed by atoms with E-state index < -0.39 is 5.97 Å². The van der Waals surface area contributed by atoms with E-state index in [1.54, 1.807) is 18.2 Å². The number of amides is 2. The van der Waals surface area contributed by atoms with Crippen LogP contribution in [0.1, 0.15) is 37.7 Å². The summed E-state index contributed by atoms with van der Waals surface area (Å²) in [5.74, 6) is -0.664. The fourth-order valence-corrected chi connectivity index (χ4v) is 2.23. The molecule has 2 amide bonds. The lowest BCUT2D eigenvalue weighted by Gasteiger charge is -2.08. The molecule has 0 aliphatic heterocycles. The maximum atomic E-state index is 11.9. The SMILES string of the molecule is O=C(O)CCc1cccc(NC(=O)CCCNC(=O)C2CC2)c1. The van der Waals surface area contributed by atoms with Crippen molar-refractivity contribution in [2.24, 2.45) is 5.92 Å². The number of hydrogen-bond acceptors (Lipinski definition) is 3. The Morgan fingerprint density at radius 3 is 2.65 bits per heavy atom. The largest absolute Gasteiger partial charge is 0.481 e. The zero-order valence-corrected chi connectivity index (χ0v) is 13.0. The van der Waals surface area contributed by atoms with E-state index in [1.807, 2.05) is 6.07 Å². The predicted octanol–water partition coefficient (Wildman–Crippen LogP) is 1.95. The molecule has 0 heterocycles. The highest BCUT2D eigenvalue weighted by Gasteiger charge is 2.28. The molecule has 1 saturated carbocycles. The van der Waals surface area contributed by atoms with Crippen LogP contribution in [0.4, 0.5) is 5.69 Å². The number of carbonyl (C=O) groups is 3. The van der Waals surface area contributed by atoms with E-state index in [9.17, 15) is 14.4 Å². The highest BCUT2D eigenvalue weighted by atomic mass is 16.4. The molecule has 0 aromatic heterocycles. The average Bonchev–Trinajstić information content (AvgIpc) is 3.34. The first-order valence-electron chi connectivity index (χ1n) is 7.93. The lowest BCUT2D eigenvalue weighted by atomic mass is 10.1. The number of carboxylic acid groups (broad SMARTS) is 1. The highest BCUT2D eigenvalue weighted by molar-refractivity contribution is 5.90. The Balaban J connectivity index is 1.68. The summed E-state index contributed by atoms with van der Waals surface area (Å²) in [6.45, 7) is 0.515. The molecule has 0 saturated heterocycles. The molecular weight excluding hydrogens is 296 g/mol. The van der Waals surface area contributed by atoms with E-state index in [1.165, 1.54) is 0 Å². The molecule has 0 bridgehead atoms. The smallest absolute Gasteiger partial charge is 0.303 e. The molecule has 2 rings (SSSR count). The topological polar surface area (TPSA) is 95.5 Å². The van der Waals surface area contributed by atoms with Crippen molar-refractivity contribution in [3.05, 3.63) is 29.8 Å². The van der Waals surface area contributed by atoms with Crippen LogP contribution in [0.25, 0.3) is 0 Å². The summed E-state index contributed by atoms with van der Waals surface area (Å²) in [5, 5.41) is 14.3. The number of carbonyl (C=O) groups excluding carboxylic acids is 2. The first-order chi connectivity index (χ1) is 11.0. The predicted molar refractivity (Wildman–Crippen MR) is 86.0 cm³/mol. The van der Waals surface area contributed by atoms with Gasteiger partial charge >= 0.3 is 5.97 Å². The van der Waals surface area contributed by atoms with Gasteiger partial charge in [-0.25, -0.2) is 0 Å². The Morgan fingerprint density at radius 1 is 1.17 bits per heavy atom. The van der Waals surface area contributed by atoms with Crippen LogP contribution >= 0.6 is 0 Å². The van der Waals surface area contributed by atoms with Gasteiger partial charge in [0, 0.05) is 31.0 Å². The normalized spacial score (nSPS) is 13.4. The van der Waals surface area contributed by atoms with Crippen molar-refractivity contribution in [1.29, 1.82) is 0 Å². The Hall–Kier alpha value is -2.37. The van der Waals surface area contributed by atoms with Crippen LogP contribution in [0.3, 0.4) is 0 Å². The summed E-state index contributed by atoms with van der Waals surface area (Å²) < 4.78 is 0. The van der Waals surface area contributed by atoms with Crippen LogP contribution in [0.15, 0.2) is 24.3 Å². The number of hydrogen-bond donors (Lipinski definition) is 3. The molecule has 6 nitrogen and oxygen atoms in total. The van der Waals surface area contributed by atoms with Crippen molar-refractivity contribution in [1.82, 2.24) is 5.32 Å². The second-order valence-electron chi connectivity index (χ2n) is 5.81. The molecule has 0 atom stereocenters. The standard InChI is InChI=1S/C17H22N2O4/c20-15(5-2-10-18-17(23)13-7-8-13)19-14-4-1-3-12(11-14)6-9-16(21)22/h1,3-4,11,13H,2,5-10H2,(H,18,23)(H,19,20)(H,21,22). The summed E-state index contributed by atoms with van der Waals surface area (Å²) >= 11 is 0. The van der Waals surface area contributed by atoms with Gasteiger partial charge in [-0.1, -0.05) is 12.1 Å². The number of aliphatic carboxylic acids is 1. The van der Waals surface area contributed by atoms with Crippen LogP contribution < -0.4 is 10.6 Å². The molecule has 0 unspecified atom stereocenters. The van der Waals surface area contributed by atoms with Crippen LogP contribution in [-0.4, -0.2) is 29.4 Å². The quantitative estimate of drug-likeness (QED) is 0.606. The third-order valence-electron chi connectivity index (χ3n) is 3.67. The van der Waals surface area contributed by atoms with Gasteiger partial charge in [0.1, 0.15) is 0 Å². The van der Waals surface area contributed by atoms with Gasteiger partial charge in [-0.05, 0) is 43.4 Å². The van der Waals surface area contributed by atoms with Crippen LogP contribution in [0.2, 0.25) is 0 Å². The molecule has 1 aliphatic rings. The zero-order chi connectivity index (χ0) is 16.7. The molecule has 1 aromatic carbocycles. The average molecular weight is 318 g/mol. The summed E-state index contributed by atoms with van der Waals surface area (Å²) in [6, 6.07) is 7.20. The summed E-state index contributed by atoms with van der Waals surface area (Å²) in [5.41, 5.74) is 1.54. The van der Waals surface area contributed by atoms with Gasteiger partial charge in [0.25, 0.3) is 0 Å². The number of benzene rings is 1. The van der Waals surface area contributed by atoms with Crippen molar-refractivity contribution >= 4 is 23.5 Å². The summed E-state index contributed by atoms with van der Waals surface area (Å²) in [6.07, 6.45) is 3.40. The summed E-state index contributed by atoms with van der Waals surface area (Å²) in [4.78, 5) is 33.9. The van der Waals surface area contributed by atoms with Gasteiger partial charge < -0.3 is 15.7 Å². The first-order valence-corrected chi connectivity index (χ1v) is 7.93. The third kappa shape index (κ3) is 6.50. The maximum Gasteiger partial charge on any atom is 0.303 e. The van der Waals surface area contributed by atoms with Crippen molar-refractivity contribution in [2.45, 2.75) is 38.5 Å². The van der Waals surface area contributed by atoms with Gasteiger partial charge in [-0.3, -0.25) is 14.4 Å². The van der Waals surface area contributed by atoms with Crippen molar-refractivity contribution in [3.63, 3.8) is 0 Å². The molecule has 124 valence electrons. The van der Waals surface area contributed by atoms with Gasteiger partial charge in [0.15, 0.2) is 0 Å². The maximum absolute atomic E-state index is 11.9. The Bertz CT molecular complexity index is 582. The number of nitrogens with one attached hydrogen (secondary N) is 2. The van der Waals surface area contributed by atoms with E-state index >= 15 is 0 Å². The van der Waals surface area contributed by atoms with Gasteiger partial charge in [-0.2, -0.15) is 0 Å². The lowest BCUT2D eigenvalue weighted by molar-refractivity contribution is -0.137. The van der Waals surface area contributed by atoms with E-state index in [0.29, 0.717) is 31.5 Å². The fourth-order valence-electron chi connectivity index (χ4n) is 2.23. The first kappa shape index (κ1) is 17.0. The van der Waals surface area contributed by atoms with Gasteiger partial charge in [-0.15, -0.1) is 0 Å². The molecule has 1 fully saturated rings. The van der Waals surface area contributed by atoms with Gasteiger partial charge in [0.05, 0.1) is 0 Å². The van der Waals surface area contributed by atoms with E-state index in [2.05, 4.69) is 10.6 Å². The Labute approximate surface area is 135 Å². The lowest BCUT2D eigenvalue weighted by Crippen LogP contribution is -2.26. The molecule has 6 heteroatoms. The van der Waals surface area contributed by atoms with Crippen LogP contribution in [0.5, 0.6) is 0 Å². The van der Waals surface area contributed by atoms with E-state index in [4.69, 9.17) is 5.11 Å². The minimum Gasteiger partial charge on any atom is -0.481 e. The minimum atomic E-state index is -0.840. The Morgan fingerprint density at radius 2 is 1.96 bits per heavy atom. The molecule has 3 N–H and O–H groups in total. The highest BCUT2D eigenvalue weighted by Crippen LogP contribution is 2.28. The Kier molecular flexibility index (Phi) is 6.14. The number of aryl methyl sites for hydroxylation is 1. The summed E-state index contributed by atoms with van der Waals surface area (Å²) in [7, 11) is 0.